The van der Waals surface area contributed by atoms with E-state index in [9.17, 15) is 9.18 Å². The lowest BCUT2D eigenvalue weighted by Gasteiger charge is -2.31. The van der Waals surface area contributed by atoms with E-state index >= 15 is 0 Å². The molecular weight excluding hydrogens is 299 g/mol. The zero-order chi connectivity index (χ0) is 16.2. The number of methoxy groups -OCH3 is 1. The summed E-state index contributed by atoms with van der Waals surface area (Å²) in [5.41, 5.74) is 0.648. The van der Waals surface area contributed by atoms with Crippen LogP contribution in [0.5, 0.6) is 5.75 Å². The molecular formula is C16H19FN4O2. The molecule has 0 radical (unpaired) electrons. The Kier molecular flexibility index (Phi) is 4.55. The van der Waals surface area contributed by atoms with Crippen molar-refractivity contribution in [3.63, 3.8) is 0 Å². The summed E-state index contributed by atoms with van der Waals surface area (Å²) in [6.07, 6.45) is 3.57. The summed E-state index contributed by atoms with van der Waals surface area (Å²) >= 11 is 0. The van der Waals surface area contributed by atoms with E-state index in [1.54, 1.807) is 12.1 Å². The first kappa shape index (κ1) is 15.5. The zero-order valence-corrected chi connectivity index (χ0v) is 13.0. The molecule has 1 aromatic heterocycles. The van der Waals surface area contributed by atoms with Crippen LogP contribution in [0.4, 0.5) is 4.39 Å². The van der Waals surface area contributed by atoms with Gasteiger partial charge in [0.1, 0.15) is 12.2 Å². The van der Waals surface area contributed by atoms with Crippen LogP contribution in [0.2, 0.25) is 0 Å². The lowest BCUT2D eigenvalue weighted by Crippen LogP contribution is -2.40. The van der Waals surface area contributed by atoms with Crippen LogP contribution in [0, 0.1) is 5.82 Å². The summed E-state index contributed by atoms with van der Waals surface area (Å²) in [7, 11) is 1.42. The molecule has 6 nitrogen and oxygen atoms in total. The number of aromatic amines is 1. The highest BCUT2D eigenvalue weighted by Crippen LogP contribution is 2.25. The number of amides is 1. The van der Waals surface area contributed by atoms with Crippen molar-refractivity contribution in [3.8, 4) is 5.75 Å². The summed E-state index contributed by atoms with van der Waals surface area (Å²) in [4.78, 5) is 18.5. The first-order valence-corrected chi connectivity index (χ1v) is 7.63. The molecule has 2 heterocycles. The number of likely N-dealkylation sites (tertiary alicyclic amines) is 1. The summed E-state index contributed by atoms with van der Waals surface area (Å²) in [6.45, 7) is 1.34. The molecule has 2 aromatic rings. The van der Waals surface area contributed by atoms with Gasteiger partial charge in [-0.25, -0.2) is 9.37 Å². The molecule has 1 saturated heterocycles. The number of carbonyl (C=O) groups is 1. The van der Waals surface area contributed by atoms with Gasteiger partial charge in [-0.15, -0.1) is 0 Å². The first-order valence-electron chi connectivity index (χ1n) is 7.63. The first-order chi connectivity index (χ1) is 11.2. The number of halogens is 1. The highest BCUT2D eigenvalue weighted by molar-refractivity contribution is 5.79. The molecule has 122 valence electrons. The second-order valence-electron chi connectivity index (χ2n) is 5.70. The third-order valence-corrected chi connectivity index (χ3v) is 4.17. The van der Waals surface area contributed by atoms with Crippen molar-refractivity contribution in [1.82, 2.24) is 20.1 Å². The van der Waals surface area contributed by atoms with Crippen molar-refractivity contribution in [1.29, 1.82) is 0 Å². The van der Waals surface area contributed by atoms with Crippen LogP contribution < -0.4 is 4.74 Å². The quantitative estimate of drug-likeness (QED) is 0.934. The number of H-pyrrole nitrogens is 1. The van der Waals surface area contributed by atoms with E-state index in [4.69, 9.17) is 4.74 Å². The fourth-order valence-electron chi connectivity index (χ4n) is 2.94. The maximum Gasteiger partial charge on any atom is 0.227 e. The summed E-state index contributed by atoms with van der Waals surface area (Å²) in [5.74, 6) is 0.736. The molecule has 1 aromatic carbocycles. The number of rotatable bonds is 4. The fraction of sp³-hybridized carbons (Fsp3) is 0.438. The Morgan fingerprint density at radius 2 is 2.39 bits per heavy atom. The maximum atomic E-state index is 13.7. The molecule has 7 heteroatoms. The minimum absolute atomic E-state index is 0.00113. The molecule has 1 N–H and O–H groups in total. The Bertz CT molecular complexity index is 675. The summed E-state index contributed by atoms with van der Waals surface area (Å²) in [6, 6.07) is 4.62. The van der Waals surface area contributed by atoms with Gasteiger partial charge in [0, 0.05) is 19.0 Å². The van der Waals surface area contributed by atoms with E-state index in [0.717, 1.165) is 25.2 Å². The van der Waals surface area contributed by atoms with Crippen LogP contribution >= 0.6 is 0 Å². The van der Waals surface area contributed by atoms with Gasteiger partial charge in [0.15, 0.2) is 11.6 Å². The van der Waals surface area contributed by atoms with Gasteiger partial charge in [-0.3, -0.25) is 9.89 Å². The normalized spacial score (nSPS) is 18.0. The van der Waals surface area contributed by atoms with E-state index in [1.165, 1.54) is 19.5 Å². The van der Waals surface area contributed by atoms with Crippen LogP contribution in [0.3, 0.4) is 0 Å². The number of carbonyl (C=O) groups excluding carboxylic acids is 1. The number of aromatic nitrogens is 3. The van der Waals surface area contributed by atoms with E-state index in [2.05, 4.69) is 15.2 Å². The largest absolute Gasteiger partial charge is 0.494 e. The fourth-order valence-corrected chi connectivity index (χ4v) is 2.94. The average molecular weight is 318 g/mol. The van der Waals surface area contributed by atoms with Gasteiger partial charge >= 0.3 is 0 Å². The lowest BCUT2D eigenvalue weighted by atomic mass is 9.97. The smallest absolute Gasteiger partial charge is 0.227 e. The number of hydrogen-bond donors (Lipinski definition) is 1. The summed E-state index contributed by atoms with van der Waals surface area (Å²) in [5, 5.41) is 6.74. The molecule has 0 aliphatic carbocycles. The number of ether oxygens (including phenoxy) is 1. The number of nitrogens with zero attached hydrogens (tertiary/aromatic N) is 3. The predicted molar refractivity (Wildman–Crippen MR) is 81.6 cm³/mol. The minimum Gasteiger partial charge on any atom is -0.494 e. The third-order valence-electron chi connectivity index (χ3n) is 4.17. The monoisotopic (exact) mass is 318 g/mol. The van der Waals surface area contributed by atoms with E-state index in [0.29, 0.717) is 12.1 Å². The predicted octanol–water partition coefficient (Wildman–Crippen LogP) is 1.90. The molecule has 1 fully saturated rings. The Morgan fingerprint density at radius 1 is 1.52 bits per heavy atom. The number of hydrogen-bond acceptors (Lipinski definition) is 4. The number of benzene rings is 1. The summed E-state index contributed by atoms with van der Waals surface area (Å²) < 4.78 is 18.6. The second kappa shape index (κ2) is 6.76. The maximum absolute atomic E-state index is 13.7. The molecule has 1 atom stereocenters. The van der Waals surface area contributed by atoms with Crippen LogP contribution in [-0.2, 0) is 11.2 Å². The number of nitrogens with one attached hydrogen (secondary N) is 1. The van der Waals surface area contributed by atoms with Gasteiger partial charge in [0.2, 0.25) is 5.91 Å². The Labute approximate surface area is 133 Å². The van der Waals surface area contributed by atoms with E-state index in [-0.39, 0.29) is 24.0 Å². The van der Waals surface area contributed by atoms with Crippen LogP contribution in [0.25, 0.3) is 0 Å². The van der Waals surface area contributed by atoms with Gasteiger partial charge in [-0.1, -0.05) is 6.07 Å². The topological polar surface area (TPSA) is 71.1 Å². The van der Waals surface area contributed by atoms with Gasteiger partial charge in [-0.05, 0) is 30.5 Å². The zero-order valence-electron chi connectivity index (χ0n) is 13.0. The van der Waals surface area contributed by atoms with E-state index < -0.39 is 5.82 Å². The molecule has 1 aliphatic rings. The molecule has 0 spiro atoms. The van der Waals surface area contributed by atoms with Crippen molar-refractivity contribution in [2.75, 3.05) is 20.2 Å². The SMILES string of the molecule is COc1ccc(CC(=O)N2CCCC(c3ncn[nH]3)C2)cc1F. The molecule has 1 unspecified atom stereocenters. The second-order valence-corrected chi connectivity index (χ2v) is 5.70. The molecule has 1 aliphatic heterocycles. The Balaban J connectivity index is 1.64. The van der Waals surface area contributed by atoms with Crippen LogP contribution in [0.1, 0.15) is 30.1 Å². The van der Waals surface area contributed by atoms with Crippen molar-refractivity contribution < 1.29 is 13.9 Å². The minimum atomic E-state index is -0.448. The van der Waals surface area contributed by atoms with Crippen molar-refractivity contribution in [3.05, 3.63) is 41.7 Å². The van der Waals surface area contributed by atoms with Gasteiger partial charge in [-0.2, -0.15) is 5.10 Å². The molecule has 1 amide bonds. The van der Waals surface area contributed by atoms with Crippen molar-refractivity contribution in [2.45, 2.75) is 25.2 Å². The Morgan fingerprint density at radius 3 is 3.09 bits per heavy atom. The Hall–Kier alpha value is -2.44. The highest BCUT2D eigenvalue weighted by Gasteiger charge is 2.26. The third kappa shape index (κ3) is 3.49. The van der Waals surface area contributed by atoms with Crippen molar-refractivity contribution in [2.24, 2.45) is 0 Å². The van der Waals surface area contributed by atoms with Crippen LogP contribution in [0.15, 0.2) is 24.5 Å². The highest BCUT2D eigenvalue weighted by atomic mass is 19.1. The van der Waals surface area contributed by atoms with Crippen molar-refractivity contribution >= 4 is 5.91 Å². The van der Waals surface area contributed by atoms with Gasteiger partial charge in [0.05, 0.1) is 13.5 Å². The average Bonchev–Trinajstić information content (AvgIpc) is 3.10. The van der Waals surface area contributed by atoms with Gasteiger partial charge < -0.3 is 9.64 Å². The lowest BCUT2D eigenvalue weighted by molar-refractivity contribution is -0.131. The number of piperidine rings is 1. The molecule has 0 bridgehead atoms. The molecule has 3 rings (SSSR count). The molecule has 0 saturated carbocycles. The van der Waals surface area contributed by atoms with Crippen LogP contribution in [-0.4, -0.2) is 46.2 Å². The van der Waals surface area contributed by atoms with E-state index in [1.807, 2.05) is 4.90 Å². The molecule has 23 heavy (non-hydrogen) atoms. The standard InChI is InChI=1S/C16H19FN4O2/c1-23-14-5-4-11(7-13(14)17)8-15(22)21-6-2-3-12(9-21)16-18-10-19-20-16/h4-5,7,10,12H,2-3,6,8-9H2,1H3,(H,18,19,20). The van der Waals surface area contributed by atoms with Gasteiger partial charge in [0.25, 0.3) is 0 Å².